The fourth-order valence-electron chi connectivity index (χ4n) is 0.902. The van der Waals surface area contributed by atoms with Gasteiger partial charge in [-0.25, -0.2) is 4.79 Å². The van der Waals surface area contributed by atoms with Crippen LogP contribution in [0.25, 0.3) is 0 Å². The van der Waals surface area contributed by atoms with Crippen LogP contribution >= 0.6 is 0 Å². The van der Waals surface area contributed by atoms with Crippen molar-refractivity contribution in [2.45, 2.75) is 26.4 Å². The number of rotatable bonds is 6. The van der Waals surface area contributed by atoms with E-state index in [9.17, 15) is 14.4 Å². The number of nitrogens with one attached hydrogen (secondary N) is 2. The molecule has 19 heavy (non-hydrogen) atoms. The minimum atomic E-state index is -0.759. The van der Waals surface area contributed by atoms with Gasteiger partial charge in [0.1, 0.15) is 12.1 Å². The molecule has 0 spiro atoms. The molecule has 0 heterocycles. The maximum atomic E-state index is 11.2. The zero-order chi connectivity index (χ0) is 14.9. The van der Waals surface area contributed by atoms with Crippen LogP contribution in [0.1, 0.15) is 20.8 Å². The van der Waals surface area contributed by atoms with Crippen molar-refractivity contribution in [2.24, 2.45) is 0 Å². The molecule has 0 rings (SSSR count). The Balaban J connectivity index is 3.76. The van der Waals surface area contributed by atoms with E-state index in [1.807, 2.05) is 0 Å². The standard InChI is InChI=1S/C11H20N2O6/c1-11(2,3)19-10(17)13-6-9(16)18-7-8(15)12-4-5-14/h14H,4-7H2,1-3H3,(H,12,15)(H,13,17). The van der Waals surface area contributed by atoms with Gasteiger partial charge in [-0.2, -0.15) is 0 Å². The van der Waals surface area contributed by atoms with Gasteiger partial charge in [-0.05, 0) is 20.8 Å². The number of hydrogen-bond donors (Lipinski definition) is 3. The van der Waals surface area contributed by atoms with Crippen molar-refractivity contribution in [2.75, 3.05) is 26.3 Å². The normalized spacial score (nSPS) is 10.5. The number of esters is 1. The third kappa shape index (κ3) is 11.0. The molecule has 0 aromatic rings. The Morgan fingerprint density at radius 3 is 2.32 bits per heavy atom. The quantitative estimate of drug-likeness (QED) is 0.545. The van der Waals surface area contributed by atoms with E-state index in [2.05, 4.69) is 15.4 Å². The molecule has 3 N–H and O–H groups in total. The maximum Gasteiger partial charge on any atom is 0.408 e. The summed E-state index contributed by atoms with van der Waals surface area (Å²) in [4.78, 5) is 33.4. The van der Waals surface area contributed by atoms with Crippen LogP contribution in [0.2, 0.25) is 0 Å². The van der Waals surface area contributed by atoms with E-state index in [1.54, 1.807) is 20.8 Å². The van der Waals surface area contributed by atoms with Gasteiger partial charge < -0.3 is 25.2 Å². The van der Waals surface area contributed by atoms with E-state index in [0.29, 0.717) is 0 Å². The van der Waals surface area contributed by atoms with Crippen LogP contribution in [-0.4, -0.2) is 55.0 Å². The Morgan fingerprint density at radius 1 is 1.16 bits per heavy atom. The summed E-state index contributed by atoms with van der Waals surface area (Å²) in [6.45, 7) is 4.12. The molecule has 0 radical (unpaired) electrons. The molecule has 0 saturated heterocycles. The largest absolute Gasteiger partial charge is 0.454 e. The Labute approximate surface area is 111 Å². The second-order valence-electron chi connectivity index (χ2n) is 4.59. The molecule has 0 aliphatic heterocycles. The number of alkyl carbamates (subject to hydrolysis) is 1. The molecule has 0 saturated carbocycles. The summed E-state index contributed by atoms with van der Waals surface area (Å²) < 4.78 is 9.48. The van der Waals surface area contributed by atoms with Gasteiger partial charge in [0.15, 0.2) is 6.61 Å². The Bertz CT molecular complexity index is 324. The molecule has 0 aromatic heterocycles. The van der Waals surface area contributed by atoms with Crippen LogP contribution in [0.4, 0.5) is 4.79 Å². The summed E-state index contributed by atoms with van der Waals surface area (Å²) in [6.07, 6.45) is -0.741. The number of aliphatic hydroxyl groups excluding tert-OH is 1. The van der Waals surface area contributed by atoms with Crippen LogP contribution in [0.15, 0.2) is 0 Å². The number of ether oxygens (including phenoxy) is 2. The lowest BCUT2D eigenvalue weighted by Crippen LogP contribution is -2.37. The van der Waals surface area contributed by atoms with Crippen LogP contribution < -0.4 is 10.6 Å². The summed E-state index contributed by atoms with van der Waals surface area (Å²) in [6, 6.07) is 0. The zero-order valence-corrected chi connectivity index (χ0v) is 11.3. The molecule has 0 unspecified atom stereocenters. The minimum Gasteiger partial charge on any atom is -0.454 e. The zero-order valence-electron chi connectivity index (χ0n) is 11.3. The SMILES string of the molecule is CC(C)(C)OC(=O)NCC(=O)OCC(=O)NCCO. The number of aliphatic hydroxyl groups is 1. The molecule has 0 bridgehead atoms. The smallest absolute Gasteiger partial charge is 0.408 e. The highest BCUT2D eigenvalue weighted by molar-refractivity contribution is 5.82. The van der Waals surface area contributed by atoms with Gasteiger partial charge in [-0.15, -0.1) is 0 Å². The molecule has 110 valence electrons. The molecule has 8 nitrogen and oxygen atoms in total. The molecule has 0 aromatic carbocycles. The fourth-order valence-corrected chi connectivity index (χ4v) is 0.902. The second kappa shape index (κ2) is 8.30. The number of carbonyl (C=O) groups excluding carboxylic acids is 3. The molecule has 0 fully saturated rings. The minimum absolute atomic E-state index is 0.0898. The highest BCUT2D eigenvalue weighted by Crippen LogP contribution is 2.06. The third-order valence-corrected chi connectivity index (χ3v) is 1.57. The average molecular weight is 276 g/mol. The maximum absolute atomic E-state index is 11.2. The van der Waals surface area contributed by atoms with E-state index in [-0.39, 0.29) is 19.7 Å². The summed E-state index contributed by atoms with van der Waals surface area (Å²) in [5.74, 6) is -1.29. The number of carbonyl (C=O) groups is 3. The second-order valence-corrected chi connectivity index (χ2v) is 4.59. The summed E-state index contributed by atoms with van der Waals surface area (Å²) in [5, 5.41) is 13.0. The summed E-state index contributed by atoms with van der Waals surface area (Å²) in [7, 11) is 0. The van der Waals surface area contributed by atoms with Gasteiger partial charge in [-0.1, -0.05) is 0 Å². The van der Waals surface area contributed by atoms with Crippen LogP contribution in [0.3, 0.4) is 0 Å². The first-order valence-corrected chi connectivity index (χ1v) is 5.74. The van der Waals surface area contributed by atoms with E-state index in [4.69, 9.17) is 9.84 Å². The Kier molecular flexibility index (Phi) is 7.50. The van der Waals surface area contributed by atoms with Crippen molar-refractivity contribution in [3.63, 3.8) is 0 Å². The third-order valence-electron chi connectivity index (χ3n) is 1.57. The van der Waals surface area contributed by atoms with Crippen molar-refractivity contribution in [1.29, 1.82) is 0 Å². The number of amides is 2. The Hall–Kier alpha value is -1.83. The highest BCUT2D eigenvalue weighted by Gasteiger charge is 2.17. The van der Waals surface area contributed by atoms with Gasteiger partial charge >= 0.3 is 12.1 Å². The molecule has 0 aliphatic carbocycles. The lowest BCUT2D eigenvalue weighted by atomic mass is 10.2. The predicted octanol–water partition coefficient (Wildman–Crippen LogP) is -0.837. The lowest BCUT2D eigenvalue weighted by molar-refractivity contribution is -0.147. The summed E-state index contributed by atoms with van der Waals surface area (Å²) >= 11 is 0. The van der Waals surface area contributed by atoms with E-state index in [1.165, 1.54) is 0 Å². The molecular weight excluding hydrogens is 256 g/mol. The first-order valence-electron chi connectivity index (χ1n) is 5.74. The van der Waals surface area contributed by atoms with Gasteiger partial charge in [0.2, 0.25) is 0 Å². The van der Waals surface area contributed by atoms with Crippen LogP contribution in [0.5, 0.6) is 0 Å². The van der Waals surface area contributed by atoms with E-state index in [0.717, 1.165) is 0 Å². The first kappa shape index (κ1) is 17.2. The van der Waals surface area contributed by atoms with Crippen molar-refractivity contribution in [1.82, 2.24) is 10.6 Å². The molecular formula is C11H20N2O6. The monoisotopic (exact) mass is 276 g/mol. The fraction of sp³-hybridized carbons (Fsp3) is 0.727. The highest BCUT2D eigenvalue weighted by atomic mass is 16.6. The van der Waals surface area contributed by atoms with Gasteiger partial charge in [0, 0.05) is 6.54 Å². The molecule has 0 aliphatic rings. The first-order chi connectivity index (χ1) is 8.74. The van der Waals surface area contributed by atoms with Crippen LogP contribution in [0, 0.1) is 0 Å². The van der Waals surface area contributed by atoms with Gasteiger partial charge in [0.25, 0.3) is 5.91 Å². The van der Waals surface area contributed by atoms with Crippen molar-refractivity contribution in [3.8, 4) is 0 Å². The van der Waals surface area contributed by atoms with Crippen molar-refractivity contribution >= 4 is 18.0 Å². The number of hydrogen-bond acceptors (Lipinski definition) is 6. The Morgan fingerprint density at radius 2 is 1.79 bits per heavy atom. The van der Waals surface area contributed by atoms with E-state index < -0.39 is 30.2 Å². The lowest BCUT2D eigenvalue weighted by Gasteiger charge is -2.19. The average Bonchev–Trinajstić information content (AvgIpc) is 2.29. The predicted molar refractivity (Wildman–Crippen MR) is 65.3 cm³/mol. The molecule has 0 atom stereocenters. The van der Waals surface area contributed by atoms with Gasteiger partial charge in [-0.3, -0.25) is 9.59 Å². The van der Waals surface area contributed by atoms with Crippen molar-refractivity contribution in [3.05, 3.63) is 0 Å². The van der Waals surface area contributed by atoms with E-state index >= 15 is 0 Å². The summed E-state index contributed by atoms with van der Waals surface area (Å²) in [5.41, 5.74) is -0.655. The van der Waals surface area contributed by atoms with Gasteiger partial charge in [0.05, 0.1) is 6.61 Å². The van der Waals surface area contributed by atoms with Crippen molar-refractivity contribution < 1.29 is 29.0 Å². The molecule has 8 heteroatoms. The van der Waals surface area contributed by atoms with Crippen LogP contribution in [-0.2, 0) is 19.1 Å². The topological polar surface area (TPSA) is 114 Å². The molecule has 2 amide bonds.